The van der Waals surface area contributed by atoms with Gasteiger partial charge in [0.25, 0.3) is 0 Å². The van der Waals surface area contributed by atoms with Crippen LogP contribution in [0.15, 0.2) is 11.0 Å². The maximum Gasteiger partial charge on any atom is 0.245 e. The van der Waals surface area contributed by atoms with Gasteiger partial charge in [0.2, 0.25) is 10.0 Å². The Labute approximate surface area is 124 Å². The smallest absolute Gasteiger partial charge is 0.245 e. The predicted molar refractivity (Wildman–Crippen MR) is 73.6 cm³/mol. The van der Waals surface area contributed by atoms with E-state index in [1.165, 1.54) is 10.4 Å². The van der Waals surface area contributed by atoms with Crippen LogP contribution in [0.25, 0.3) is 0 Å². The molecule has 0 saturated carbocycles. The molecule has 1 aromatic heterocycles. The molecule has 1 unspecified atom stereocenters. The Morgan fingerprint density at radius 3 is 2.78 bits per heavy atom. The molecule has 1 aliphatic heterocycles. The second-order valence-electron chi connectivity index (χ2n) is 3.70. The van der Waals surface area contributed by atoms with E-state index in [0.717, 1.165) is 11.3 Å². The first-order chi connectivity index (χ1) is 8.45. The third kappa shape index (κ3) is 2.95. The fourth-order valence-electron chi connectivity index (χ4n) is 1.64. The van der Waals surface area contributed by atoms with Gasteiger partial charge in [-0.1, -0.05) is 23.2 Å². The van der Waals surface area contributed by atoms with Crippen molar-refractivity contribution < 1.29 is 13.2 Å². The second kappa shape index (κ2) is 5.83. The summed E-state index contributed by atoms with van der Waals surface area (Å²) in [6, 6.07) is 1.37. The third-order valence-corrected chi connectivity index (χ3v) is 6.48. The Morgan fingerprint density at radius 1 is 1.50 bits per heavy atom. The number of morpholine rings is 1. The number of ether oxygens (including phenoxy) is 1. The van der Waals surface area contributed by atoms with Crippen molar-refractivity contribution in [3.63, 3.8) is 0 Å². The second-order valence-corrected chi connectivity index (χ2v) is 8.20. The van der Waals surface area contributed by atoms with Gasteiger partial charge in [0.15, 0.2) is 0 Å². The fraction of sp³-hybridized carbons (Fsp3) is 0.556. The zero-order chi connectivity index (χ0) is 13.3. The molecule has 0 bridgehead atoms. The van der Waals surface area contributed by atoms with Gasteiger partial charge in [0.1, 0.15) is 9.23 Å². The summed E-state index contributed by atoms with van der Waals surface area (Å²) in [7, 11) is -3.63. The third-order valence-electron chi connectivity index (χ3n) is 2.52. The van der Waals surface area contributed by atoms with Crippen LogP contribution in [0.4, 0.5) is 0 Å². The lowest BCUT2D eigenvalue weighted by Gasteiger charge is -2.30. The molecule has 1 fully saturated rings. The maximum absolute atomic E-state index is 12.4. The number of halogens is 3. The number of thiophene rings is 1. The van der Waals surface area contributed by atoms with Gasteiger partial charge >= 0.3 is 0 Å². The summed E-state index contributed by atoms with van der Waals surface area (Å²) in [5, 5.41) is 0. The first-order valence-corrected chi connectivity index (χ1v) is 8.62. The Kier molecular flexibility index (Phi) is 4.80. The number of sulfonamides is 1. The minimum absolute atomic E-state index is 0.0504. The van der Waals surface area contributed by atoms with E-state index in [1.54, 1.807) is 0 Å². The molecule has 1 saturated heterocycles. The minimum atomic E-state index is -3.63. The van der Waals surface area contributed by atoms with Crippen LogP contribution in [0, 0.1) is 0 Å². The number of alkyl halides is 1. The molecule has 102 valence electrons. The molecule has 0 radical (unpaired) electrons. The Hall–Kier alpha value is 0.440. The zero-order valence-corrected chi connectivity index (χ0v) is 13.0. The van der Waals surface area contributed by atoms with Crippen molar-refractivity contribution in [2.45, 2.75) is 11.0 Å². The van der Waals surface area contributed by atoms with Crippen LogP contribution < -0.4 is 0 Å². The molecule has 0 aliphatic carbocycles. The summed E-state index contributed by atoms with van der Waals surface area (Å²) in [5.41, 5.74) is 0. The summed E-state index contributed by atoms with van der Waals surface area (Å²) in [4.78, 5) is 0.0504. The Balaban J connectivity index is 2.28. The van der Waals surface area contributed by atoms with E-state index in [0.29, 0.717) is 17.5 Å². The number of hydrogen-bond acceptors (Lipinski definition) is 4. The highest BCUT2D eigenvalue weighted by Crippen LogP contribution is 2.36. The van der Waals surface area contributed by atoms with Crippen molar-refractivity contribution >= 4 is 56.2 Å². The van der Waals surface area contributed by atoms with Gasteiger partial charge in [-0.05, 0) is 6.07 Å². The molecule has 1 aliphatic rings. The Morgan fingerprint density at radius 2 is 2.22 bits per heavy atom. The maximum atomic E-state index is 12.4. The lowest BCUT2D eigenvalue weighted by Crippen LogP contribution is -2.46. The normalized spacial score (nSPS) is 22.3. The van der Waals surface area contributed by atoms with Gasteiger partial charge in [-0.15, -0.1) is 22.9 Å². The van der Waals surface area contributed by atoms with Gasteiger partial charge in [-0.2, -0.15) is 4.31 Å². The zero-order valence-electron chi connectivity index (χ0n) is 9.11. The summed E-state index contributed by atoms with van der Waals surface area (Å²) >= 11 is 18.4. The van der Waals surface area contributed by atoms with Crippen LogP contribution in [0.5, 0.6) is 0 Å². The lowest BCUT2D eigenvalue weighted by molar-refractivity contribution is 0.0122. The van der Waals surface area contributed by atoms with E-state index in [2.05, 4.69) is 0 Å². The predicted octanol–water partition coefficient (Wildman–Crippen LogP) is 2.68. The molecule has 2 rings (SSSR count). The molecule has 0 amide bonds. The molecular formula is C9H10Cl3NO3S2. The summed E-state index contributed by atoms with van der Waals surface area (Å²) < 4.78 is 31.9. The van der Waals surface area contributed by atoms with E-state index >= 15 is 0 Å². The van der Waals surface area contributed by atoms with Crippen molar-refractivity contribution in [1.82, 2.24) is 4.31 Å². The quantitative estimate of drug-likeness (QED) is 0.787. The van der Waals surface area contributed by atoms with Crippen LogP contribution in [0.3, 0.4) is 0 Å². The standard InChI is InChI=1S/C9H10Cl3NO3S2/c10-4-6-5-13(1-2-16-6)18(14,15)7-3-8(11)17-9(7)12/h3,6H,1-2,4-5H2. The van der Waals surface area contributed by atoms with E-state index < -0.39 is 10.0 Å². The molecule has 9 heteroatoms. The van der Waals surface area contributed by atoms with Crippen LogP contribution in [0.2, 0.25) is 8.67 Å². The van der Waals surface area contributed by atoms with E-state index in [1.807, 2.05) is 0 Å². The SMILES string of the molecule is O=S(=O)(c1cc(Cl)sc1Cl)N1CCOC(CCl)C1. The number of rotatable bonds is 3. The highest BCUT2D eigenvalue weighted by atomic mass is 35.5. The highest BCUT2D eigenvalue weighted by Gasteiger charge is 2.32. The van der Waals surface area contributed by atoms with Crippen LogP contribution in [-0.4, -0.2) is 44.4 Å². The van der Waals surface area contributed by atoms with Gasteiger partial charge in [0, 0.05) is 19.0 Å². The Bertz CT molecular complexity index is 531. The molecule has 1 atom stereocenters. The van der Waals surface area contributed by atoms with Crippen LogP contribution in [0.1, 0.15) is 0 Å². The van der Waals surface area contributed by atoms with Crippen molar-refractivity contribution in [3.05, 3.63) is 14.7 Å². The molecule has 18 heavy (non-hydrogen) atoms. The van der Waals surface area contributed by atoms with Crippen molar-refractivity contribution in [2.75, 3.05) is 25.6 Å². The van der Waals surface area contributed by atoms with Gasteiger partial charge in [-0.25, -0.2) is 8.42 Å². The average molecular weight is 351 g/mol. The fourth-order valence-corrected chi connectivity index (χ4v) is 5.40. The lowest BCUT2D eigenvalue weighted by atomic mass is 10.3. The van der Waals surface area contributed by atoms with Gasteiger partial charge in [0.05, 0.1) is 17.0 Å². The summed E-state index contributed by atoms with van der Waals surface area (Å²) in [6.45, 7) is 0.848. The highest BCUT2D eigenvalue weighted by molar-refractivity contribution is 7.89. The molecule has 4 nitrogen and oxygen atoms in total. The summed E-state index contributed by atoms with van der Waals surface area (Å²) in [6.07, 6.45) is -0.289. The number of nitrogens with zero attached hydrogens (tertiary/aromatic N) is 1. The van der Waals surface area contributed by atoms with Crippen molar-refractivity contribution in [2.24, 2.45) is 0 Å². The monoisotopic (exact) mass is 349 g/mol. The first-order valence-electron chi connectivity index (χ1n) is 5.07. The number of hydrogen-bond donors (Lipinski definition) is 0. The van der Waals surface area contributed by atoms with Crippen molar-refractivity contribution in [1.29, 1.82) is 0 Å². The van der Waals surface area contributed by atoms with E-state index in [-0.39, 0.29) is 27.8 Å². The molecule has 0 aromatic carbocycles. The van der Waals surface area contributed by atoms with E-state index in [9.17, 15) is 8.42 Å². The minimum Gasteiger partial charge on any atom is -0.374 e. The van der Waals surface area contributed by atoms with Crippen molar-refractivity contribution in [3.8, 4) is 0 Å². The van der Waals surface area contributed by atoms with E-state index in [4.69, 9.17) is 39.5 Å². The molecule has 0 N–H and O–H groups in total. The van der Waals surface area contributed by atoms with Gasteiger partial charge < -0.3 is 4.74 Å². The molecule has 1 aromatic rings. The molecular weight excluding hydrogens is 341 g/mol. The van der Waals surface area contributed by atoms with Gasteiger partial charge in [-0.3, -0.25) is 0 Å². The van der Waals surface area contributed by atoms with Crippen LogP contribution >= 0.6 is 46.1 Å². The van der Waals surface area contributed by atoms with Crippen LogP contribution in [-0.2, 0) is 14.8 Å². The summed E-state index contributed by atoms with van der Waals surface area (Å²) in [5.74, 6) is 0.254. The largest absolute Gasteiger partial charge is 0.374 e. The molecule has 0 spiro atoms. The average Bonchev–Trinajstić information content (AvgIpc) is 2.69. The first kappa shape index (κ1) is 14.8. The topological polar surface area (TPSA) is 46.6 Å². The molecule has 2 heterocycles.